The summed E-state index contributed by atoms with van der Waals surface area (Å²) >= 11 is 0. The Hall–Kier alpha value is -2.99. The first-order valence-corrected chi connectivity index (χ1v) is 9.73. The van der Waals surface area contributed by atoms with Crippen molar-refractivity contribution in [3.63, 3.8) is 0 Å². The van der Waals surface area contributed by atoms with Gasteiger partial charge in [0.1, 0.15) is 0 Å². The first kappa shape index (κ1) is 17.1. The molecule has 2 heterocycles. The van der Waals surface area contributed by atoms with Crippen molar-refractivity contribution in [3.8, 4) is 0 Å². The van der Waals surface area contributed by atoms with Gasteiger partial charge in [0, 0.05) is 19.6 Å². The average molecular weight is 373 g/mol. The monoisotopic (exact) mass is 373 g/mol. The molecule has 1 fully saturated rings. The lowest BCUT2D eigenvalue weighted by atomic mass is 10.1. The van der Waals surface area contributed by atoms with Crippen molar-refractivity contribution in [2.75, 3.05) is 0 Å². The number of hydrogen-bond acceptors (Lipinski definition) is 4. The third-order valence-corrected chi connectivity index (χ3v) is 5.58. The number of rotatable bonds is 5. The van der Waals surface area contributed by atoms with Crippen LogP contribution < -0.4 is 5.56 Å². The second-order valence-corrected chi connectivity index (χ2v) is 7.76. The number of hydrogen-bond donors (Lipinski definition) is 0. The van der Waals surface area contributed by atoms with Gasteiger partial charge in [-0.05, 0) is 37.5 Å². The van der Waals surface area contributed by atoms with Crippen LogP contribution in [0.1, 0.15) is 29.8 Å². The molecule has 4 aromatic rings. The number of fused-ring (bicyclic) bond motifs is 3. The third-order valence-electron chi connectivity index (χ3n) is 5.58. The van der Waals surface area contributed by atoms with E-state index >= 15 is 0 Å². The van der Waals surface area contributed by atoms with Crippen molar-refractivity contribution in [1.82, 2.24) is 24.1 Å². The Kier molecular flexibility index (Phi) is 4.02. The van der Waals surface area contributed by atoms with E-state index in [9.17, 15) is 4.79 Å². The predicted octanol–water partition coefficient (Wildman–Crippen LogP) is 3.05. The topological polar surface area (TPSA) is 55.4 Å². The van der Waals surface area contributed by atoms with Crippen LogP contribution in [0, 0.1) is 6.92 Å². The molecule has 0 N–H and O–H groups in total. The highest BCUT2D eigenvalue weighted by molar-refractivity contribution is 5.81. The summed E-state index contributed by atoms with van der Waals surface area (Å²) in [6.07, 6.45) is 2.45. The van der Waals surface area contributed by atoms with E-state index in [4.69, 9.17) is 0 Å². The molecule has 1 saturated carbocycles. The maximum atomic E-state index is 12.8. The Labute approximate surface area is 163 Å². The van der Waals surface area contributed by atoms with Gasteiger partial charge in [-0.3, -0.25) is 18.7 Å². The first-order valence-electron chi connectivity index (χ1n) is 9.73. The summed E-state index contributed by atoms with van der Waals surface area (Å²) in [7, 11) is 1.76. The molecule has 0 aliphatic heterocycles. The molecule has 1 aliphatic rings. The number of aryl methyl sites for hydroxylation is 2. The van der Waals surface area contributed by atoms with Gasteiger partial charge < -0.3 is 0 Å². The van der Waals surface area contributed by atoms with Gasteiger partial charge in [0.05, 0.1) is 17.4 Å². The van der Waals surface area contributed by atoms with Crippen molar-refractivity contribution < 1.29 is 0 Å². The molecule has 0 bridgehead atoms. The quantitative estimate of drug-likeness (QED) is 0.540. The highest BCUT2D eigenvalue weighted by Crippen LogP contribution is 2.30. The largest absolute Gasteiger partial charge is 0.289 e. The number of benzene rings is 2. The van der Waals surface area contributed by atoms with Crippen LogP contribution in [0.25, 0.3) is 16.7 Å². The molecule has 6 nitrogen and oxygen atoms in total. The highest BCUT2D eigenvalue weighted by Gasteiger charge is 2.30. The summed E-state index contributed by atoms with van der Waals surface area (Å²) in [6, 6.07) is 17.1. The van der Waals surface area contributed by atoms with Crippen LogP contribution in [-0.2, 0) is 20.1 Å². The van der Waals surface area contributed by atoms with Gasteiger partial charge in [0.15, 0.2) is 5.82 Å². The number of nitrogens with zero attached hydrogens (tertiary/aromatic N) is 5. The summed E-state index contributed by atoms with van der Waals surface area (Å²) in [5.41, 5.74) is 3.21. The average Bonchev–Trinajstić information content (AvgIpc) is 3.47. The van der Waals surface area contributed by atoms with Crippen LogP contribution in [0.15, 0.2) is 53.3 Å². The second-order valence-electron chi connectivity index (χ2n) is 7.76. The Morgan fingerprint density at radius 3 is 2.61 bits per heavy atom. The maximum absolute atomic E-state index is 12.8. The molecule has 6 heteroatoms. The molecule has 28 heavy (non-hydrogen) atoms. The van der Waals surface area contributed by atoms with E-state index < -0.39 is 0 Å². The summed E-state index contributed by atoms with van der Waals surface area (Å²) < 4.78 is 3.63. The summed E-state index contributed by atoms with van der Waals surface area (Å²) in [5.74, 6) is 1.47. The predicted molar refractivity (Wildman–Crippen MR) is 109 cm³/mol. The fourth-order valence-electron chi connectivity index (χ4n) is 3.91. The van der Waals surface area contributed by atoms with Crippen LogP contribution in [0.3, 0.4) is 0 Å². The maximum Gasteiger partial charge on any atom is 0.262 e. The van der Waals surface area contributed by atoms with Crippen LogP contribution in [0.5, 0.6) is 0 Å². The molecule has 0 saturated heterocycles. The van der Waals surface area contributed by atoms with Crippen LogP contribution in [-0.4, -0.2) is 30.1 Å². The minimum absolute atomic E-state index is 0.0338. The van der Waals surface area contributed by atoms with Gasteiger partial charge in [-0.25, -0.2) is 0 Å². The Balaban J connectivity index is 1.61. The Morgan fingerprint density at radius 2 is 1.86 bits per heavy atom. The van der Waals surface area contributed by atoms with E-state index in [1.165, 1.54) is 18.4 Å². The SMILES string of the molecule is Cc1ccc2c(c1)c(=O)n(C)c1nnc(CN(Cc3ccccc3)C3CC3)n21. The lowest BCUT2D eigenvalue weighted by Crippen LogP contribution is -2.27. The molecular weight excluding hydrogens is 350 g/mol. The molecule has 5 rings (SSSR count). The zero-order valence-electron chi connectivity index (χ0n) is 16.2. The van der Waals surface area contributed by atoms with E-state index in [-0.39, 0.29) is 5.56 Å². The van der Waals surface area contributed by atoms with Crippen LogP contribution in [0.2, 0.25) is 0 Å². The molecule has 0 unspecified atom stereocenters. The van der Waals surface area contributed by atoms with E-state index in [0.29, 0.717) is 23.8 Å². The van der Waals surface area contributed by atoms with Gasteiger partial charge in [0.2, 0.25) is 5.78 Å². The van der Waals surface area contributed by atoms with Gasteiger partial charge in [-0.2, -0.15) is 0 Å². The molecule has 142 valence electrons. The van der Waals surface area contributed by atoms with Gasteiger partial charge >= 0.3 is 0 Å². The summed E-state index contributed by atoms with van der Waals surface area (Å²) in [4.78, 5) is 15.2. The van der Waals surface area contributed by atoms with Crippen molar-refractivity contribution in [2.45, 2.75) is 38.9 Å². The third kappa shape index (κ3) is 2.90. The molecule has 2 aromatic carbocycles. The smallest absolute Gasteiger partial charge is 0.262 e. The first-order chi connectivity index (χ1) is 13.6. The molecule has 0 radical (unpaired) electrons. The lowest BCUT2D eigenvalue weighted by molar-refractivity contribution is 0.239. The molecule has 0 spiro atoms. The van der Waals surface area contributed by atoms with E-state index in [2.05, 4.69) is 39.4 Å². The molecule has 2 aromatic heterocycles. The summed E-state index contributed by atoms with van der Waals surface area (Å²) in [5, 5.41) is 9.52. The van der Waals surface area contributed by atoms with Crippen LogP contribution in [0.4, 0.5) is 0 Å². The molecular formula is C22H23N5O. The number of aromatic nitrogens is 4. The molecule has 1 aliphatic carbocycles. The lowest BCUT2D eigenvalue weighted by Gasteiger charge is -2.21. The van der Waals surface area contributed by atoms with Crippen molar-refractivity contribution >= 4 is 16.7 Å². The fourth-order valence-corrected chi connectivity index (χ4v) is 3.91. The molecule has 0 atom stereocenters. The zero-order valence-corrected chi connectivity index (χ0v) is 16.2. The van der Waals surface area contributed by atoms with Crippen molar-refractivity contribution in [1.29, 1.82) is 0 Å². The van der Waals surface area contributed by atoms with Crippen molar-refractivity contribution in [3.05, 3.63) is 75.8 Å². The Morgan fingerprint density at radius 1 is 1.07 bits per heavy atom. The van der Waals surface area contributed by atoms with E-state index in [1.807, 2.05) is 35.6 Å². The molecule has 0 amide bonds. The van der Waals surface area contributed by atoms with Gasteiger partial charge in [-0.15, -0.1) is 10.2 Å². The van der Waals surface area contributed by atoms with Gasteiger partial charge in [-0.1, -0.05) is 42.0 Å². The standard InChI is InChI=1S/C22H23N5O/c1-15-8-11-19-18(12-15)21(28)25(2)22-24-23-20(27(19)22)14-26(17-9-10-17)13-16-6-4-3-5-7-16/h3-8,11-12,17H,9-10,13-14H2,1-2H3. The normalized spacial score (nSPS) is 14.4. The minimum atomic E-state index is -0.0338. The van der Waals surface area contributed by atoms with Crippen LogP contribution >= 0.6 is 0 Å². The second kappa shape index (κ2) is 6.56. The Bertz CT molecular complexity index is 1220. The fraction of sp³-hybridized carbons (Fsp3) is 0.318. The van der Waals surface area contributed by atoms with E-state index in [0.717, 1.165) is 23.4 Å². The van der Waals surface area contributed by atoms with Crippen molar-refractivity contribution in [2.24, 2.45) is 7.05 Å². The van der Waals surface area contributed by atoms with E-state index in [1.54, 1.807) is 11.6 Å². The zero-order chi connectivity index (χ0) is 19.3. The summed E-state index contributed by atoms with van der Waals surface area (Å²) in [6.45, 7) is 3.61. The highest BCUT2D eigenvalue weighted by atomic mass is 16.1. The minimum Gasteiger partial charge on any atom is -0.289 e. The van der Waals surface area contributed by atoms with Gasteiger partial charge in [0.25, 0.3) is 5.56 Å².